The molecule has 1 saturated heterocycles. The van der Waals surface area contributed by atoms with Crippen molar-refractivity contribution in [2.24, 2.45) is 0 Å². The number of aryl methyl sites for hydroxylation is 1. The third-order valence-corrected chi connectivity index (χ3v) is 6.51. The van der Waals surface area contributed by atoms with Crippen molar-refractivity contribution in [1.29, 1.82) is 0 Å². The number of hydrogen-bond donors (Lipinski definition) is 1. The number of benzene rings is 3. The molecule has 3 amide bonds. The fourth-order valence-electron chi connectivity index (χ4n) is 3.83. The van der Waals surface area contributed by atoms with Crippen molar-refractivity contribution in [3.8, 4) is 17.2 Å². The van der Waals surface area contributed by atoms with Crippen LogP contribution in [0.2, 0.25) is 0 Å². The first-order chi connectivity index (χ1) is 18.4. The molecule has 0 radical (unpaired) electrons. The molecule has 1 aliphatic rings. The molecule has 3 aromatic carbocycles. The molecule has 0 saturated carbocycles. The number of imide groups is 1. The first kappa shape index (κ1) is 26.8. The minimum atomic E-state index is -0.534. The lowest BCUT2D eigenvalue weighted by Gasteiger charge is -2.14. The molecule has 0 unspecified atom stereocenters. The summed E-state index contributed by atoms with van der Waals surface area (Å²) in [5, 5.41) is 2.16. The average Bonchev–Trinajstić information content (AvgIpc) is 3.16. The maximum absolute atomic E-state index is 13.0. The normalized spacial score (nSPS) is 14.1. The van der Waals surface area contributed by atoms with E-state index in [4.69, 9.17) is 14.2 Å². The van der Waals surface area contributed by atoms with Crippen molar-refractivity contribution >= 4 is 40.6 Å². The molecule has 9 heteroatoms. The first-order valence-corrected chi connectivity index (χ1v) is 12.8. The van der Waals surface area contributed by atoms with Crippen LogP contribution in [0.4, 0.5) is 10.5 Å². The summed E-state index contributed by atoms with van der Waals surface area (Å²) in [6.45, 7) is 4.31. The van der Waals surface area contributed by atoms with Crippen LogP contribution in [-0.4, -0.2) is 42.2 Å². The molecule has 38 heavy (non-hydrogen) atoms. The van der Waals surface area contributed by atoms with Crippen LogP contribution in [-0.2, 0) is 16.2 Å². The van der Waals surface area contributed by atoms with Crippen LogP contribution < -0.4 is 19.5 Å². The minimum Gasteiger partial charge on any atom is -0.495 e. The van der Waals surface area contributed by atoms with Gasteiger partial charge in [0.25, 0.3) is 11.1 Å². The Bertz CT molecular complexity index is 1390. The first-order valence-electron chi connectivity index (χ1n) is 12.0. The summed E-state index contributed by atoms with van der Waals surface area (Å²) in [4.78, 5) is 39.2. The molecule has 1 aliphatic heterocycles. The molecule has 0 aliphatic carbocycles. The van der Waals surface area contributed by atoms with Crippen molar-refractivity contribution in [3.63, 3.8) is 0 Å². The minimum absolute atomic E-state index is 0.218. The van der Waals surface area contributed by atoms with Gasteiger partial charge in [0.1, 0.15) is 18.9 Å². The van der Waals surface area contributed by atoms with E-state index in [1.807, 2.05) is 32.0 Å². The summed E-state index contributed by atoms with van der Waals surface area (Å²) < 4.78 is 17.0. The SMILES string of the molecule is CCOc1cc(/C=C2\SC(=O)N(CC(=O)Nc3ccccc3OC)C2=O)ccc1OCc1cccc(C)c1. The third-order valence-electron chi connectivity index (χ3n) is 5.60. The molecule has 0 bridgehead atoms. The average molecular weight is 533 g/mol. The Labute approximate surface area is 225 Å². The standard InChI is InChI=1S/C29H28N2O6S/c1-4-36-25-15-20(12-13-24(25)37-18-21-9-7-8-19(2)14-21)16-26-28(33)31(29(34)38-26)17-27(32)30-22-10-5-6-11-23(22)35-3/h5-16H,4,17-18H2,1-3H3,(H,30,32)/b26-16-. The fraction of sp³-hybridized carbons (Fsp3) is 0.207. The van der Waals surface area contributed by atoms with Gasteiger partial charge < -0.3 is 19.5 Å². The Kier molecular flexibility index (Phi) is 8.70. The van der Waals surface area contributed by atoms with Crippen molar-refractivity contribution in [2.45, 2.75) is 20.5 Å². The Morgan fingerprint density at radius 3 is 2.55 bits per heavy atom. The lowest BCUT2D eigenvalue weighted by molar-refractivity contribution is -0.127. The van der Waals surface area contributed by atoms with Crippen molar-refractivity contribution in [3.05, 3.63) is 88.3 Å². The summed E-state index contributed by atoms with van der Waals surface area (Å²) >= 11 is 0.787. The van der Waals surface area contributed by atoms with Gasteiger partial charge in [-0.2, -0.15) is 0 Å². The number of rotatable bonds is 10. The van der Waals surface area contributed by atoms with Crippen LogP contribution in [0, 0.1) is 6.92 Å². The molecule has 0 atom stereocenters. The highest BCUT2D eigenvalue weighted by Gasteiger charge is 2.36. The number of nitrogens with one attached hydrogen (secondary N) is 1. The number of thioether (sulfide) groups is 1. The molecule has 1 fully saturated rings. The zero-order chi connectivity index (χ0) is 27.1. The summed E-state index contributed by atoms with van der Waals surface area (Å²) in [6, 6.07) is 20.3. The molecule has 196 valence electrons. The number of amides is 3. The number of carbonyl (C=O) groups excluding carboxylic acids is 3. The van der Waals surface area contributed by atoms with E-state index in [0.717, 1.165) is 27.8 Å². The number of para-hydroxylation sites is 2. The van der Waals surface area contributed by atoms with Crippen LogP contribution in [0.15, 0.2) is 71.6 Å². The predicted octanol–water partition coefficient (Wildman–Crippen LogP) is 5.66. The van der Waals surface area contributed by atoms with E-state index in [2.05, 4.69) is 11.4 Å². The number of hydrogen-bond acceptors (Lipinski definition) is 7. The smallest absolute Gasteiger partial charge is 0.294 e. The fourth-order valence-corrected chi connectivity index (χ4v) is 4.67. The number of nitrogens with zero attached hydrogens (tertiary/aromatic N) is 1. The largest absolute Gasteiger partial charge is 0.495 e. The second-order valence-electron chi connectivity index (χ2n) is 8.43. The zero-order valence-corrected chi connectivity index (χ0v) is 22.2. The van der Waals surface area contributed by atoms with Crippen molar-refractivity contribution in [2.75, 3.05) is 25.6 Å². The zero-order valence-electron chi connectivity index (χ0n) is 21.4. The highest BCUT2D eigenvalue weighted by molar-refractivity contribution is 8.18. The van der Waals surface area contributed by atoms with Gasteiger partial charge >= 0.3 is 0 Å². The van der Waals surface area contributed by atoms with Gasteiger partial charge in [-0.25, -0.2) is 0 Å². The van der Waals surface area contributed by atoms with E-state index in [-0.39, 0.29) is 4.91 Å². The van der Waals surface area contributed by atoms with E-state index >= 15 is 0 Å². The number of carbonyl (C=O) groups is 3. The van der Waals surface area contributed by atoms with Gasteiger partial charge in [-0.3, -0.25) is 19.3 Å². The number of anilines is 1. The topological polar surface area (TPSA) is 94.2 Å². The van der Waals surface area contributed by atoms with Crippen LogP contribution in [0.5, 0.6) is 17.2 Å². The van der Waals surface area contributed by atoms with Gasteiger partial charge in [-0.1, -0.05) is 48.0 Å². The lowest BCUT2D eigenvalue weighted by Crippen LogP contribution is -2.36. The molecule has 4 rings (SSSR count). The third kappa shape index (κ3) is 6.54. The number of ether oxygens (including phenoxy) is 3. The van der Waals surface area contributed by atoms with Crippen LogP contribution in [0.3, 0.4) is 0 Å². The quantitative estimate of drug-likeness (QED) is 0.337. The van der Waals surface area contributed by atoms with E-state index in [9.17, 15) is 14.4 Å². The molecular weight excluding hydrogens is 504 g/mol. The van der Waals surface area contributed by atoms with Crippen molar-refractivity contribution in [1.82, 2.24) is 4.90 Å². The summed E-state index contributed by atoms with van der Waals surface area (Å²) in [5.41, 5.74) is 3.31. The van der Waals surface area contributed by atoms with E-state index in [1.165, 1.54) is 7.11 Å². The van der Waals surface area contributed by atoms with Gasteiger partial charge in [0, 0.05) is 0 Å². The van der Waals surface area contributed by atoms with E-state index < -0.39 is 23.6 Å². The lowest BCUT2D eigenvalue weighted by atomic mass is 10.1. The van der Waals surface area contributed by atoms with Gasteiger partial charge in [-0.15, -0.1) is 0 Å². The van der Waals surface area contributed by atoms with Gasteiger partial charge in [0.15, 0.2) is 11.5 Å². The van der Waals surface area contributed by atoms with Crippen LogP contribution in [0.25, 0.3) is 6.08 Å². The second-order valence-corrected chi connectivity index (χ2v) is 9.43. The molecular formula is C29H28N2O6S. The molecule has 3 aromatic rings. The summed E-state index contributed by atoms with van der Waals surface area (Å²) in [7, 11) is 1.49. The van der Waals surface area contributed by atoms with Gasteiger partial charge in [0.2, 0.25) is 5.91 Å². The van der Waals surface area contributed by atoms with E-state index in [1.54, 1.807) is 48.5 Å². The Morgan fingerprint density at radius 1 is 0.974 bits per heavy atom. The van der Waals surface area contributed by atoms with Crippen LogP contribution >= 0.6 is 11.8 Å². The maximum Gasteiger partial charge on any atom is 0.294 e. The monoisotopic (exact) mass is 532 g/mol. The number of methoxy groups -OCH3 is 1. The summed E-state index contributed by atoms with van der Waals surface area (Å²) in [5.74, 6) is 0.543. The molecule has 0 spiro atoms. The Balaban J connectivity index is 1.45. The molecule has 1 heterocycles. The van der Waals surface area contributed by atoms with E-state index in [0.29, 0.717) is 41.7 Å². The molecule has 1 N–H and O–H groups in total. The van der Waals surface area contributed by atoms with Crippen LogP contribution in [0.1, 0.15) is 23.6 Å². The Hall–Kier alpha value is -4.24. The van der Waals surface area contributed by atoms with Crippen molar-refractivity contribution < 1.29 is 28.6 Å². The molecule has 0 aromatic heterocycles. The van der Waals surface area contributed by atoms with Gasteiger partial charge in [0.05, 0.1) is 24.3 Å². The maximum atomic E-state index is 13.0. The Morgan fingerprint density at radius 2 is 1.79 bits per heavy atom. The highest BCUT2D eigenvalue weighted by Crippen LogP contribution is 2.35. The summed E-state index contributed by atoms with van der Waals surface area (Å²) in [6.07, 6.45) is 1.61. The molecule has 8 nitrogen and oxygen atoms in total. The predicted molar refractivity (Wildman–Crippen MR) is 147 cm³/mol. The van der Waals surface area contributed by atoms with Gasteiger partial charge in [-0.05, 0) is 67.1 Å². The highest BCUT2D eigenvalue weighted by atomic mass is 32.2. The second kappa shape index (κ2) is 12.3.